The van der Waals surface area contributed by atoms with Crippen LogP contribution in [0.25, 0.3) is 0 Å². The van der Waals surface area contributed by atoms with Crippen LogP contribution in [-0.2, 0) is 9.59 Å². The summed E-state index contributed by atoms with van der Waals surface area (Å²) in [6.07, 6.45) is 0. The smallest absolute Gasteiger partial charge is 0.331 e. The number of ether oxygens (including phenoxy) is 2. The van der Waals surface area contributed by atoms with Crippen molar-refractivity contribution in [3.63, 3.8) is 0 Å². The van der Waals surface area contributed by atoms with Crippen LogP contribution in [-0.4, -0.2) is 35.2 Å². The molecule has 0 fully saturated rings. The largest absolute Gasteiger partial charge is 0.479 e. The third-order valence-electron chi connectivity index (χ3n) is 3.06. The fourth-order valence-corrected chi connectivity index (χ4v) is 2.46. The number of carbonyl (C=O) groups is 2. The van der Waals surface area contributed by atoms with Gasteiger partial charge in [0.15, 0.2) is 17.5 Å². The lowest BCUT2D eigenvalue weighted by Gasteiger charge is -2.27. The minimum atomic E-state index is -1.13. The van der Waals surface area contributed by atoms with Crippen LogP contribution in [0.4, 0.5) is 0 Å². The second-order valence-corrected chi connectivity index (χ2v) is 4.69. The first-order chi connectivity index (χ1) is 9.45. The normalized spacial score (nSPS) is 13.9. The lowest BCUT2D eigenvalue weighted by atomic mass is 10.0. The highest BCUT2D eigenvalue weighted by Gasteiger charge is 2.31. The molecule has 6 nitrogen and oxygen atoms in total. The lowest BCUT2D eigenvalue weighted by molar-refractivity contribution is -0.149. The number of benzene rings is 1. The van der Waals surface area contributed by atoms with Gasteiger partial charge in [-0.15, -0.1) is 0 Å². The summed E-state index contributed by atoms with van der Waals surface area (Å²) in [5.74, 6) is -0.672. The summed E-state index contributed by atoms with van der Waals surface area (Å²) in [5.41, 5.74) is 0.379. The molecule has 1 aromatic rings. The fraction of sp³-hybridized carbons (Fsp3) is 0.385. The van der Waals surface area contributed by atoms with Crippen LogP contribution in [0.3, 0.4) is 0 Å². The predicted octanol–water partition coefficient (Wildman–Crippen LogP) is 2.06. The quantitative estimate of drug-likeness (QED) is 0.921. The van der Waals surface area contributed by atoms with Crippen LogP contribution in [0.15, 0.2) is 12.1 Å². The van der Waals surface area contributed by atoms with E-state index in [0.717, 1.165) is 0 Å². The molecule has 20 heavy (non-hydrogen) atoms. The first-order valence-electron chi connectivity index (χ1n) is 6.04. The van der Waals surface area contributed by atoms with E-state index in [0.29, 0.717) is 17.1 Å². The van der Waals surface area contributed by atoms with Crippen LogP contribution in [0.5, 0.6) is 11.5 Å². The number of halogens is 1. The Bertz CT molecular complexity index is 560. The maximum Gasteiger partial charge on any atom is 0.331 e. The van der Waals surface area contributed by atoms with E-state index < -0.39 is 12.0 Å². The highest BCUT2D eigenvalue weighted by Crippen LogP contribution is 2.41. The zero-order valence-electron chi connectivity index (χ0n) is 11.1. The highest BCUT2D eigenvalue weighted by atomic mass is 35.5. The molecule has 1 amide bonds. The third kappa shape index (κ3) is 2.51. The standard InChI is InChI=1S/C13H14ClNO5/c1-3-15(7(2)16)11(13(17)18)8-4-9(14)12-10(5-8)19-6-20-12/h4-5,11H,3,6H2,1-2H3,(H,17,18). The van der Waals surface area contributed by atoms with Gasteiger partial charge < -0.3 is 19.5 Å². The topological polar surface area (TPSA) is 76.1 Å². The molecule has 0 saturated heterocycles. The van der Waals surface area contributed by atoms with Crippen LogP contribution in [0, 0.1) is 0 Å². The van der Waals surface area contributed by atoms with Gasteiger partial charge in [-0.1, -0.05) is 11.6 Å². The first kappa shape index (κ1) is 14.5. The van der Waals surface area contributed by atoms with Gasteiger partial charge in [0.25, 0.3) is 0 Å². The van der Waals surface area contributed by atoms with Crippen molar-refractivity contribution >= 4 is 23.5 Å². The van der Waals surface area contributed by atoms with Crippen LogP contribution in [0.2, 0.25) is 5.02 Å². The summed E-state index contributed by atoms with van der Waals surface area (Å²) in [5, 5.41) is 9.67. The number of nitrogens with zero attached hydrogens (tertiary/aromatic N) is 1. The molecule has 1 heterocycles. The number of hydrogen-bond acceptors (Lipinski definition) is 4. The van der Waals surface area contributed by atoms with Gasteiger partial charge in [-0.25, -0.2) is 4.79 Å². The predicted molar refractivity (Wildman–Crippen MR) is 71.0 cm³/mol. The van der Waals surface area contributed by atoms with Crippen LogP contribution < -0.4 is 9.47 Å². The van der Waals surface area contributed by atoms with Crippen molar-refractivity contribution in [3.8, 4) is 11.5 Å². The van der Waals surface area contributed by atoms with Gasteiger partial charge in [-0.05, 0) is 24.6 Å². The first-order valence-corrected chi connectivity index (χ1v) is 6.42. The number of carbonyl (C=O) groups excluding carboxylic acids is 1. The second kappa shape index (κ2) is 5.58. The molecule has 7 heteroatoms. The summed E-state index contributed by atoms with van der Waals surface area (Å²) in [4.78, 5) is 24.3. The average molecular weight is 300 g/mol. The summed E-state index contributed by atoms with van der Waals surface area (Å²) in [7, 11) is 0. The van der Waals surface area contributed by atoms with E-state index in [1.165, 1.54) is 17.9 Å². The summed E-state index contributed by atoms with van der Waals surface area (Å²) < 4.78 is 10.4. The maximum absolute atomic E-state index is 11.6. The minimum absolute atomic E-state index is 0.0421. The van der Waals surface area contributed by atoms with Crippen molar-refractivity contribution in [2.24, 2.45) is 0 Å². The third-order valence-corrected chi connectivity index (χ3v) is 3.34. The molecule has 0 radical (unpaired) electrons. The highest BCUT2D eigenvalue weighted by molar-refractivity contribution is 6.32. The molecule has 0 spiro atoms. The van der Waals surface area contributed by atoms with Gasteiger partial charge in [0.2, 0.25) is 12.7 Å². The Morgan fingerprint density at radius 2 is 2.15 bits per heavy atom. The zero-order chi connectivity index (χ0) is 14.9. The Balaban J connectivity index is 2.47. The van der Waals surface area contributed by atoms with Gasteiger partial charge >= 0.3 is 5.97 Å². The van der Waals surface area contributed by atoms with Crippen LogP contribution >= 0.6 is 11.6 Å². The summed E-state index contributed by atoms with van der Waals surface area (Å²) >= 11 is 6.05. The fourth-order valence-electron chi connectivity index (χ4n) is 2.19. The van der Waals surface area contributed by atoms with Crippen molar-refractivity contribution in [1.29, 1.82) is 0 Å². The summed E-state index contributed by atoms with van der Waals surface area (Å²) in [6, 6.07) is 1.92. The Morgan fingerprint density at radius 3 is 2.70 bits per heavy atom. The SMILES string of the molecule is CCN(C(C)=O)C(C(=O)O)c1cc(Cl)c2c(c1)OCO2. The number of fused-ring (bicyclic) bond motifs is 1. The van der Waals surface area contributed by atoms with Gasteiger partial charge in [-0.3, -0.25) is 4.79 Å². The number of carboxylic acids is 1. The van der Waals surface area contributed by atoms with Gasteiger partial charge in [-0.2, -0.15) is 0 Å². The van der Waals surface area contributed by atoms with Crippen LogP contribution in [0.1, 0.15) is 25.5 Å². The molecule has 0 saturated carbocycles. The molecule has 0 aliphatic carbocycles. The van der Waals surface area contributed by atoms with E-state index in [4.69, 9.17) is 21.1 Å². The van der Waals surface area contributed by atoms with Crippen molar-refractivity contribution in [3.05, 3.63) is 22.7 Å². The van der Waals surface area contributed by atoms with E-state index in [2.05, 4.69) is 0 Å². The monoisotopic (exact) mass is 299 g/mol. The molecule has 1 aromatic carbocycles. The summed E-state index contributed by atoms with van der Waals surface area (Å²) in [6.45, 7) is 3.36. The zero-order valence-corrected chi connectivity index (χ0v) is 11.8. The molecule has 1 N–H and O–H groups in total. The molecule has 0 bridgehead atoms. The minimum Gasteiger partial charge on any atom is -0.479 e. The molecule has 1 aliphatic rings. The number of amides is 1. The number of rotatable bonds is 4. The molecular formula is C13H14ClNO5. The van der Waals surface area contributed by atoms with Gasteiger partial charge in [0.1, 0.15) is 0 Å². The molecule has 2 rings (SSSR count). The average Bonchev–Trinajstić information content (AvgIpc) is 2.83. The van der Waals surface area contributed by atoms with Gasteiger partial charge in [0, 0.05) is 13.5 Å². The van der Waals surface area contributed by atoms with Crippen molar-refractivity contribution < 1.29 is 24.2 Å². The number of aliphatic carboxylic acids is 1. The van der Waals surface area contributed by atoms with E-state index in [1.807, 2.05) is 0 Å². The second-order valence-electron chi connectivity index (χ2n) is 4.28. The van der Waals surface area contributed by atoms with E-state index >= 15 is 0 Å². The Kier molecular flexibility index (Phi) is 4.04. The van der Waals surface area contributed by atoms with E-state index in [9.17, 15) is 14.7 Å². The Labute approximate surface area is 120 Å². The molecule has 1 aliphatic heterocycles. The molecule has 108 valence electrons. The van der Waals surface area contributed by atoms with Crippen molar-refractivity contribution in [1.82, 2.24) is 4.90 Å². The lowest BCUT2D eigenvalue weighted by Crippen LogP contribution is -2.37. The van der Waals surface area contributed by atoms with Gasteiger partial charge in [0.05, 0.1) is 5.02 Å². The number of likely N-dealkylation sites (N-methyl/N-ethyl adjacent to an activating group) is 1. The Morgan fingerprint density at radius 1 is 1.45 bits per heavy atom. The molecule has 0 aromatic heterocycles. The molecular weight excluding hydrogens is 286 g/mol. The number of hydrogen-bond donors (Lipinski definition) is 1. The van der Waals surface area contributed by atoms with Crippen molar-refractivity contribution in [2.75, 3.05) is 13.3 Å². The van der Waals surface area contributed by atoms with Crippen molar-refractivity contribution in [2.45, 2.75) is 19.9 Å². The Hall–Kier alpha value is -1.95. The maximum atomic E-state index is 11.6. The van der Waals surface area contributed by atoms with E-state index in [1.54, 1.807) is 13.0 Å². The number of carboxylic acid groups (broad SMARTS) is 1. The molecule has 1 unspecified atom stereocenters. The van der Waals surface area contributed by atoms with E-state index in [-0.39, 0.29) is 24.3 Å². The molecule has 1 atom stereocenters.